The molecule has 2 atom stereocenters. The van der Waals surface area contributed by atoms with Crippen molar-refractivity contribution in [2.75, 3.05) is 0 Å². The Kier molecular flexibility index (Phi) is 6.13. The highest BCUT2D eigenvalue weighted by atomic mass is 35.5. The summed E-state index contributed by atoms with van der Waals surface area (Å²) in [6.45, 7) is 0. The molecule has 8 heteroatoms. The van der Waals surface area contributed by atoms with Crippen molar-refractivity contribution in [2.24, 2.45) is 0 Å². The largest absolute Gasteiger partial charge is 0.480 e. The van der Waals surface area contributed by atoms with Gasteiger partial charge in [0.2, 0.25) is 11.6 Å². The highest BCUT2D eigenvalue weighted by Crippen LogP contribution is 2.26. The fraction of sp³-hybridized carbons (Fsp3) is 0.111. The van der Waals surface area contributed by atoms with Gasteiger partial charge in [0.05, 0.1) is 0 Å². The number of hydrogen-bond donors (Lipinski definition) is 2. The predicted molar refractivity (Wildman–Crippen MR) is 93.7 cm³/mol. The van der Waals surface area contributed by atoms with Gasteiger partial charge in [-0.2, -0.15) is 0 Å². The van der Waals surface area contributed by atoms with Crippen LogP contribution in [0.3, 0.4) is 0 Å². The number of Topliss-reactive ketones (excluding diaryl/α,β-unsaturated/α-hetero) is 2. The normalized spacial score (nSPS) is 12.8. The van der Waals surface area contributed by atoms with Gasteiger partial charge in [-0.1, -0.05) is 47.5 Å². The number of hydrogen-bond acceptors (Lipinski definition) is 4. The van der Waals surface area contributed by atoms with Crippen molar-refractivity contribution in [1.29, 1.82) is 0 Å². The number of carbonyl (C=O) groups is 4. The van der Waals surface area contributed by atoms with E-state index in [1.165, 1.54) is 48.5 Å². The van der Waals surface area contributed by atoms with E-state index >= 15 is 0 Å². The summed E-state index contributed by atoms with van der Waals surface area (Å²) in [6.07, 6.45) is 0. The molecule has 0 aromatic heterocycles. The van der Waals surface area contributed by atoms with Crippen LogP contribution in [0.15, 0.2) is 48.5 Å². The summed E-state index contributed by atoms with van der Waals surface area (Å²) >= 11 is 11.5. The highest BCUT2D eigenvalue weighted by Gasteiger charge is 2.40. The molecule has 0 saturated carbocycles. The monoisotopic (exact) mass is 394 g/mol. The van der Waals surface area contributed by atoms with Gasteiger partial charge in [-0.3, -0.25) is 19.2 Å². The summed E-state index contributed by atoms with van der Waals surface area (Å²) in [7, 11) is 0. The Hall–Kier alpha value is -2.70. The third-order valence-electron chi connectivity index (χ3n) is 3.67. The molecule has 2 aromatic carbocycles. The number of rotatable bonds is 7. The van der Waals surface area contributed by atoms with Crippen molar-refractivity contribution in [1.82, 2.24) is 0 Å². The molecule has 0 heterocycles. The molecule has 2 N–H and O–H groups in total. The predicted octanol–water partition coefficient (Wildman–Crippen LogP) is 3.17. The number of halogens is 2. The first-order valence-electron chi connectivity index (χ1n) is 7.27. The molecule has 0 radical (unpaired) electrons. The zero-order valence-corrected chi connectivity index (χ0v) is 14.6. The first kappa shape index (κ1) is 19.6. The van der Waals surface area contributed by atoms with Crippen LogP contribution in [0.1, 0.15) is 23.0 Å². The van der Waals surface area contributed by atoms with Crippen LogP contribution in [-0.4, -0.2) is 33.7 Å². The third kappa shape index (κ3) is 4.28. The van der Waals surface area contributed by atoms with Crippen molar-refractivity contribution in [3.05, 3.63) is 69.7 Å². The van der Waals surface area contributed by atoms with E-state index < -0.39 is 35.3 Å². The quantitative estimate of drug-likeness (QED) is 0.551. The number of benzene rings is 2. The van der Waals surface area contributed by atoms with Gasteiger partial charge >= 0.3 is 11.9 Å². The zero-order chi connectivity index (χ0) is 19.4. The minimum atomic E-state index is -1.83. The fourth-order valence-corrected chi connectivity index (χ4v) is 2.66. The van der Waals surface area contributed by atoms with Crippen LogP contribution in [0, 0.1) is 0 Å². The average Bonchev–Trinajstić information content (AvgIpc) is 2.58. The van der Waals surface area contributed by atoms with Gasteiger partial charge in [0, 0.05) is 10.0 Å². The van der Waals surface area contributed by atoms with Gasteiger partial charge in [0.15, 0.2) is 0 Å². The van der Waals surface area contributed by atoms with Gasteiger partial charge in [-0.05, 0) is 35.4 Å². The topological polar surface area (TPSA) is 109 Å². The van der Waals surface area contributed by atoms with E-state index in [-0.39, 0.29) is 11.1 Å². The summed E-state index contributed by atoms with van der Waals surface area (Å²) in [6, 6.07) is 10.7. The van der Waals surface area contributed by atoms with Gasteiger partial charge < -0.3 is 10.2 Å². The summed E-state index contributed by atoms with van der Waals surface area (Å²) in [4.78, 5) is 48.1. The van der Waals surface area contributed by atoms with Crippen LogP contribution >= 0.6 is 23.2 Å². The molecule has 0 saturated heterocycles. The van der Waals surface area contributed by atoms with Crippen molar-refractivity contribution in [2.45, 2.75) is 11.8 Å². The minimum Gasteiger partial charge on any atom is -0.480 e. The molecule has 0 aliphatic heterocycles. The Morgan fingerprint density at radius 1 is 0.615 bits per heavy atom. The van der Waals surface area contributed by atoms with E-state index in [0.29, 0.717) is 10.0 Å². The number of carboxylic acid groups (broad SMARTS) is 2. The Balaban J connectivity index is 2.41. The van der Waals surface area contributed by atoms with Gasteiger partial charge in [-0.15, -0.1) is 0 Å². The Morgan fingerprint density at radius 2 is 0.885 bits per heavy atom. The molecule has 0 bridgehead atoms. The first-order valence-corrected chi connectivity index (χ1v) is 8.02. The molecule has 6 nitrogen and oxygen atoms in total. The van der Waals surface area contributed by atoms with Crippen LogP contribution in [0.25, 0.3) is 0 Å². The van der Waals surface area contributed by atoms with Crippen molar-refractivity contribution in [3.8, 4) is 0 Å². The lowest BCUT2D eigenvalue weighted by Crippen LogP contribution is -2.34. The van der Waals surface area contributed by atoms with Crippen LogP contribution in [0.4, 0.5) is 0 Å². The first-order chi connectivity index (χ1) is 12.2. The van der Waals surface area contributed by atoms with E-state index in [2.05, 4.69) is 0 Å². The number of carbonyl (C=O) groups excluding carboxylic acids is 2. The van der Waals surface area contributed by atoms with Crippen LogP contribution < -0.4 is 0 Å². The van der Waals surface area contributed by atoms with Gasteiger partial charge in [-0.25, -0.2) is 0 Å². The maximum absolute atomic E-state index is 12.5. The Bertz CT molecular complexity index is 785. The van der Waals surface area contributed by atoms with Crippen molar-refractivity contribution in [3.63, 3.8) is 0 Å². The summed E-state index contributed by atoms with van der Waals surface area (Å²) in [5.41, 5.74) is 0.0565. The summed E-state index contributed by atoms with van der Waals surface area (Å²) < 4.78 is 0. The van der Waals surface area contributed by atoms with E-state index in [0.717, 1.165) is 0 Å². The lowest BCUT2D eigenvalue weighted by molar-refractivity contribution is -0.151. The molecule has 2 aromatic rings. The Labute approximate surface area is 158 Å². The molecule has 0 amide bonds. The molecule has 26 heavy (non-hydrogen) atoms. The molecule has 2 rings (SSSR count). The second-order valence-electron chi connectivity index (χ2n) is 5.37. The molecule has 0 aliphatic carbocycles. The van der Waals surface area contributed by atoms with Gasteiger partial charge in [0.25, 0.3) is 0 Å². The standard InChI is InChI=1S/C18H12Cl2O6/c19-11-5-1-9(2-6-11)13(17(23)24)15(21)16(22)14(18(25)26)10-3-7-12(20)8-4-10/h1-8,13-14H,(H,23,24)(H,25,26)/t13-,14+. The fourth-order valence-electron chi connectivity index (χ4n) is 2.41. The van der Waals surface area contributed by atoms with Crippen LogP contribution in [-0.2, 0) is 19.2 Å². The molecular formula is C18H12Cl2O6. The minimum absolute atomic E-state index is 0.0282. The van der Waals surface area contributed by atoms with E-state index in [9.17, 15) is 29.4 Å². The second-order valence-corrected chi connectivity index (χ2v) is 6.25. The summed E-state index contributed by atoms with van der Waals surface area (Å²) in [5.74, 6) is -9.44. The lowest BCUT2D eigenvalue weighted by Gasteiger charge is -2.15. The maximum atomic E-state index is 12.5. The summed E-state index contributed by atoms with van der Waals surface area (Å²) in [5, 5.41) is 19.4. The van der Waals surface area contributed by atoms with E-state index in [1.54, 1.807) is 0 Å². The number of ketones is 2. The maximum Gasteiger partial charge on any atom is 0.319 e. The van der Waals surface area contributed by atoms with E-state index in [1.807, 2.05) is 0 Å². The third-order valence-corrected chi connectivity index (χ3v) is 4.17. The van der Waals surface area contributed by atoms with Crippen molar-refractivity contribution >= 4 is 46.7 Å². The molecule has 0 unspecified atom stereocenters. The zero-order valence-electron chi connectivity index (χ0n) is 13.1. The average molecular weight is 395 g/mol. The smallest absolute Gasteiger partial charge is 0.319 e. The molecule has 0 spiro atoms. The molecule has 134 valence electrons. The SMILES string of the molecule is O=C(O)[C@H](C(=O)C(=O)[C@H](C(=O)O)c1ccc(Cl)cc1)c1ccc(Cl)cc1. The highest BCUT2D eigenvalue weighted by molar-refractivity contribution is 6.47. The van der Waals surface area contributed by atoms with Crippen LogP contribution in [0.5, 0.6) is 0 Å². The molecule has 0 fully saturated rings. The van der Waals surface area contributed by atoms with Gasteiger partial charge in [0.1, 0.15) is 11.8 Å². The molecular weight excluding hydrogens is 383 g/mol. The Morgan fingerprint density at radius 3 is 1.12 bits per heavy atom. The van der Waals surface area contributed by atoms with E-state index in [4.69, 9.17) is 23.2 Å². The second kappa shape index (κ2) is 8.12. The van der Waals surface area contributed by atoms with Crippen LogP contribution in [0.2, 0.25) is 10.0 Å². The molecule has 0 aliphatic rings. The van der Waals surface area contributed by atoms with Crippen molar-refractivity contribution < 1.29 is 29.4 Å². The number of aliphatic carboxylic acids is 2. The number of carboxylic acids is 2. The lowest BCUT2D eigenvalue weighted by atomic mass is 9.85.